The Hall–Kier alpha value is -1.43. The first-order valence-electron chi connectivity index (χ1n) is 5.78. The van der Waals surface area contributed by atoms with Crippen molar-refractivity contribution >= 4 is 17.8 Å². The first kappa shape index (κ1) is 12.0. The minimum atomic E-state index is -0.970. The summed E-state index contributed by atoms with van der Waals surface area (Å²) in [6.07, 6.45) is 1.20. The summed E-state index contributed by atoms with van der Waals surface area (Å²) >= 11 is 0. The summed E-state index contributed by atoms with van der Waals surface area (Å²) in [7, 11) is 0. The molecule has 2 heterocycles. The third kappa shape index (κ3) is 2.46. The van der Waals surface area contributed by atoms with Crippen molar-refractivity contribution in [3.63, 3.8) is 0 Å². The maximum absolute atomic E-state index is 11.9. The maximum atomic E-state index is 11.9. The number of likely N-dealkylation sites (tertiary alicyclic amines) is 1. The molecule has 0 aromatic rings. The van der Waals surface area contributed by atoms with Gasteiger partial charge in [-0.3, -0.25) is 19.3 Å². The van der Waals surface area contributed by atoms with Crippen LogP contribution in [0.3, 0.4) is 0 Å². The third-order valence-electron chi connectivity index (χ3n) is 3.24. The van der Waals surface area contributed by atoms with Crippen molar-refractivity contribution < 1.29 is 24.2 Å². The predicted molar refractivity (Wildman–Crippen MR) is 56.1 cm³/mol. The molecule has 2 unspecified atom stereocenters. The number of aliphatic carboxylic acids is 1. The van der Waals surface area contributed by atoms with Gasteiger partial charge in [0.2, 0.25) is 5.91 Å². The van der Waals surface area contributed by atoms with E-state index in [0.717, 1.165) is 11.3 Å². The predicted octanol–water partition coefficient (Wildman–Crippen LogP) is 0.0152. The molecule has 94 valence electrons. The first-order chi connectivity index (χ1) is 8.09. The number of rotatable bonds is 2. The smallest absolute Gasteiger partial charge is 0.307 e. The van der Waals surface area contributed by atoms with Crippen molar-refractivity contribution in [3.8, 4) is 0 Å². The summed E-state index contributed by atoms with van der Waals surface area (Å²) in [4.78, 5) is 35.5. The quantitative estimate of drug-likeness (QED) is 0.689. The number of carbonyl (C=O) groups excluding carboxylic acids is 2. The molecule has 2 aliphatic heterocycles. The van der Waals surface area contributed by atoms with Crippen LogP contribution in [-0.4, -0.2) is 47.0 Å². The molecule has 0 spiro atoms. The molecule has 2 fully saturated rings. The van der Waals surface area contributed by atoms with Crippen molar-refractivity contribution in [1.82, 2.24) is 4.90 Å². The lowest BCUT2D eigenvalue weighted by molar-refractivity contribution is -0.158. The summed E-state index contributed by atoms with van der Waals surface area (Å²) in [5.74, 6) is -2.33. The number of imide groups is 1. The lowest BCUT2D eigenvalue weighted by Crippen LogP contribution is -2.48. The minimum Gasteiger partial charge on any atom is -0.481 e. The molecular formula is C11H15NO5. The second kappa shape index (κ2) is 4.83. The molecular weight excluding hydrogens is 226 g/mol. The van der Waals surface area contributed by atoms with Crippen molar-refractivity contribution in [2.45, 2.75) is 31.8 Å². The van der Waals surface area contributed by atoms with E-state index in [0.29, 0.717) is 19.4 Å². The van der Waals surface area contributed by atoms with Crippen LogP contribution in [0.5, 0.6) is 0 Å². The second-order valence-electron chi connectivity index (χ2n) is 4.41. The van der Waals surface area contributed by atoms with Crippen LogP contribution in [0.4, 0.5) is 0 Å². The summed E-state index contributed by atoms with van der Waals surface area (Å²) in [6.45, 7) is 0.741. The minimum absolute atomic E-state index is 0.0895. The molecule has 0 aliphatic carbocycles. The van der Waals surface area contributed by atoms with E-state index in [-0.39, 0.29) is 18.9 Å². The van der Waals surface area contributed by atoms with Crippen LogP contribution in [0.25, 0.3) is 0 Å². The first-order valence-corrected chi connectivity index (χ1v) is 5.78. The van der Waals surface area contributed by atoms with Gasteiger partial charge in [-0.15, -0.1) is 0 Å². The number of piperidine rings is 1. The normalized spacial score (nSPS) is 29.4. The molecule has 17 heavy (non-hydrogen) atoms. The van der Waals surface area contributed by atoms with E-state index in [1.165, 1.54) is 0 Å². The zero-order valence-corrected chi connectivity index (χ0v) is 9.42. The lowest BCUT2D eigenvalue weighted by Gasteiger charge is -2.29. The van der Waals surface area contributed by atoms with E-state index < -0.39 is 23.9 Å². The lowest BCUT2D eigenvalue weighted by atomic mass is 9.96. The molecule has 2 atom stereocenters. The van der Waals surface area contributed by atoms with Crippen LogP contribution in [0.15, 0.2) is 0 Å². The van der Waals surface area contributed by atoms with Gasteiger partial charge < -0.3 is 9.84 Å². The highest BCUT2D eigenvalue weighted by Gasteiger charge is 2.37. The molecule has 0 aromatic carbocycles. The molecule has 2 rings (SSSR count). The van der Waals surface area contributed by atoms with Crippen LogP contribution in [-0.2, 0) is 19.1 Å². The third-order valence-corrected chi connectivity index (χ3v) is 3.24. The van der Waals surface area contributed by atoms with E-state index in [9.17, 15) is 14.4 Å². The van der Waals surface area contributed by atoms with Gasteiger partial charge in [0.1, 0.15) is 6.10 Å². The highest BCUT2D eigenvalue weighted by Crippen LogP contribution is 2.22. The zero-order chi connectivity index (χ0) is 12.4. The van der Waals surface area contributed by atoms with Gasteiger partial charge in [0.15, 0.2) is 0 Å². The van der Waals surface area contributed by atoms with E-state index in [4.69, 9.17) is 9.84 Å². The van der Waals surface area contributed by atoms with Gasteiger partial charge in [0.05, 0.1) is 5.92 Å². The van der Waals surface area contributed by atoms with E-state index in [1.807, 2.05) is 0 Å². The Kier molecular flexibility index (Phi) is 3.42. The standard InChI is InChI=1S/C11H15NO5/c13-9-6-7(11(15)16)3-4-12(9)10(14)8-2-1-5-17-8/h7-8H,1-6H2,(H,15,16). The fraction of sp³-hybridized carbons (Fsp3) is 0.727. The van der Waals surface area contributed by atoms with Gasteiger partial charge in [-0.05, 0) is 19.3 Å². The Bertz CT molecular complexity index is 348. The number of carbonyl (C=O) groups is 3. The average Bonchev–Trinajstić information content (AvgIpc) is 2.81. The Morgan fingerprint density at radius 3 is 2.65 bits per heavy atom. The SMILES string of the molecule is O=C(O)C1CCN(C(=O)C2CCCO2)C(=O)C1. The fourth-order valence-electron chi connectivity index (χ4n) is 2.22. The maximum Gasteiger partial charge on any atom is 0.307 e. The van der Waals surface area contributed by atoms with Crippen molar-refractivity contribution in [3.05, 3.63) is 0 Å². The molecule has 0 saturated carbocycles. The Morgan fingerprint density at radius 1 is 1.35 bits per heavy atom. The summed E-state index contributed by atoms with van der Waals surface area (Å²) in [5.41, 5.74) is 0. The topological polar surface area (TPSA) is 83.9 Å². The highest BCUT2D eigenvalue weighted by molar-refractivity contribution is 5.99. The van der Waals surface area contributed by atoms with Crippen LogP contribution in [0.2, 0.25) is 0 Å². The highest BCUT2D eigenvalue weighted by atomic mass is 16.5. The average molecular weight is 241 g/mol. The van der Waals surface area contributed by atoms with Gasteiger partial charge in [-0.25, -0.2) is 0 Å². The fourth-order valence-corrected chi connectivity index (χ4v) is 2.22. The Labute approximate surface area is 98.5 Å². The van der Waals surface area contributed by atoms with Gasteiger partial charge in [-0.1, -0.05) is 0 Å². The van der Waals surface area contributed by atoms with Gasteiger partial charge >= 0.3 is 5.97 Å². The van der Waals surface area contributed by atoms with E-state index in [2.05, 4.69) is 0 Å². The number of carboxylic acid groups (broad SMARTS) is 1. The van der Waals surface area contributed by atoms with E-state index >= 15 is 0 Å². The largest absolute Gasteiger partial charge is 0.481 e. The molecule has 0 bridgehead atoms. The molecule has 2 aliphatic rings. The zero-order valence-electron chi connectivity index (χ0n) is 9.42. The molecule has 2 amide bonds. The number of carboxylic acids is 1. The summed E-state index contributed by atoms with van der Waals surface area (Å²) < 4.78 is 5.23. The van der Waals surface area contributed by atoms with Gasteiger partial charge in [-0.2, -0.15) is 0 Å². The molecule has 2 saturated heterocycles. The van der Waals surface area contributed by atoms with Gasteiger partial charge in [0, 0.05) is 19.6 Å². The van der Waals surface area contributed by atoms with Crippen molar-refractivity contribution in [2.75, 3.05) is 13.2 Å². The number of nitrogens with zero attached hydrogens (tertiary/aromatic N) is 1. The Morgan fingerprint density at radius 2 is 2.12 bits per heavy atom. The number of hydrogen-bond donors (Lipinski definition) is 1. The molecule has 6 nitrogen and oxygen atoms in total. The van der Waals surface area contributed by atoms with Crippen LogP contribution < -0.4 is 0 Å². The Balaban J connectivity index is 1.96. The number of amides is 2. The number of hydrogen-bond acceptors (Lipinski definition) is 4. The van der Waals surface area contributed by atoms with Crippen LogP contribution in [0, 0.1) is 5.92 Å². The van der Waals surface area contributed by atoms with Gasteiger partial charge in [0.25, 0.3) is 5.91 Å². The molecule has 1 N–H and O–H groups in total. The molecule has 0 radical (unpaired) electrons. The molecule has 0 aromatic heterocycles. The summed E-state index contributed by atoms with van der Waals surface area (Å²) in [6, 6.07) is 0. The van der Waals surface area contributed by atoms with Crippen molar-refractivity contribution in [1.29, 1.82) is 0 Å². The van der Waals surface area contributed by atoms with Crippen LogP contribution >= 0.6 is 0 Å². The monoisotopic (exact) mass is 241 g/mol. The van der Waals surface area contributed by atoms with Crippen LogP contribution in [0.1, 0.15) is 25.7 Å². The second-order valence-corrected chi connectivity index (χ2v) is 4.41. The summed E-state index contributed by atoms with van der Waals surface area (Å²) in [5, 5.41) is 8.81. The van der Waals surface area contributed by atoms with E-state index in [1.54, 1.807) is 0 Å². The molecule has 6 heteroatoms. The number of ether oxygens (including phenoxy) is 1. The van der Waals surface area contributed by atoms with Crippen molar-refractivity contribution in [2.24, 2.45) is 5.92 Å².